The van der Waals surface area contributed by atoms with Gasteiger partial charge in [-0.05, 0) is 24.1 Å². The zero-order valence-corrected chi connectivity index (χ0v) is 13.8. The largest absolute Gasteiger partial charge is 0.480 e. The van der Waals surface area contributed by atoms with Gasteiger partial charge in [0.05, 0.1) is 5.25 Å². The first-order valence-corrected chi connectivity index (χ1v) is 8.98. The van der Waals surface area contributed by atoms with Gasteiger partial charge >= 0.3 is 5.97 Å². The lowest BCUT2D eigenvalue weighted by molar-refractivity contribution is -0.143. The Labute approximate surface area is 135 Å². The summed E-state index contributed by atoms with van der Waals surface area (Å²) in [4.78, 5) is 13.3. The average molecular weight is 347 g/mol. The second-order valence-electron chi connectivity index (χ2n) is 5.24. The Balaban J connectivity index is 2.20. The summed E-state index contributed by atoms with van der Waals surface area (Å²) in [5, 5.41) is 9.39. The number of sulfonamides is 1. The molecule has 2 atom stereocenters. The molecule has 0 bridgehead atoms. The molecule has 0 spiro atoms. The van der Waals surface area contributed by atoms with Crippen LogP contribution in [0.1, 0.15) is 24.9 Å². The van der Waals surface area contributed by atoms with E-state index in [1.807, 2.05) is 0 Å². The maximum Gasteiger partial charge on any atom is 0.325 e. The fraction of sp³-hybridized carbons (Fsp3) is 0.500. The monoisotopic (exact) mass is 346 g/mol. The van der Waals surface area contributed by atoms with Gasteiger partial charge in [0.1, 0.15) is 6.04 Å². The molecule has 2 unspecified atom stereocenters. The van der Waals surface area contributed by atoms with Gasteiger partial charge in [-0.3, -0.25) is 9.69 Å². The molecule has 0 aliphatic carbocycles. The summed E-state index contributed by atoms with van der Waals surface area (Å²) in [5.41, 5.74) is 0.557. The number of rotatable bonds is 6. The fourth-order valence-corrected chi connectivity index (χ4v) is 4.39. The molecule has 1 aromatic carbocycles. The summed E-state index contributed by atoms with van der Waals surface area (Å²) < 4.78 is 26.6. The van der Waals surface area contributed by atoms with Crippen molar-refractivity contribution in [3.05, 3.63) is 34.9 Å². The van der Waals surface area contributed by atoms with Crippen LogP contribution in [0.3, 0.4) is 0 Å². The molecule has 1 fully saturated rings. The number of aliphatic carboxylic acids is 1. The summed E-state index contributed by atoms with van der Waals surface area (Å²) in [6.07, 6.45) is 0.416. The number of likely N-dealkylation sites (tertiary alicyclic amines) is 1. The SMILES string of the molecule is CCNS(=O)(=O)C1CCN(C(C(=O)O)c2cccc(Cl)c2)C1. The predicted molar refractivity (Wildman–Crippen MR) is 84.4 cm³/mol. The van der Waals surface area contributed by atoms with Gasteiger partial charge in [-0.1, -0.05) is 30.7 Å². The number of nitrogens with one attached hydrogen (secondary N) is 1. The minimum atomic E-state index is -3.40. The summed E-state index contributed by atoms with van der Waals surface area (Å²) in [7, 11) is -3.40. The number of halogens is 1. The molecular weight excluding hydrogens is 328 g/mol. The molecule has 2 N–H and O–H groups in total. The van der Waals surface area contributed by atoms with E-state index in [1.165, 1.54) is 0 Å². The van der Waals surface area contributed by atoms with Gasteiger partial charge in [-0.25, -0.2) is 13.1 Å². The van der Waals surface area contributed by atoms with E-state index in [9.17, 15) is 18.3 Å². The van der Waals surface area contributed by atoms with Crippen molar-refractivity contribution in [1.29, 1.82) is 0 Å². The van der Waals surface area contributed by atoms with Crippen LogP contribution in [0, 0.1) is 0 Å². The van der Waals surface area contributed by atoms with Gasteiger partial charge in [0.25, 0.3) is 0 Å². The lowest BCUT2D eigenvalue weighted by Crippen LogP contribution is -2.38. The number of hydrogen-bond acceptors (Lipinski definition) is 4. The van der Waals surface area contributed by atoms with Crippen LogP contribution in [0.25, 0.3) is 0 Å². The highest BCUT2D eigenvalue weighted by Crippen LogP contribution is 2.29. The maximum atomic E-state index is 12.1. The highest BCUT2D eigenvalue weighted by molar-refractivity contribution is 7.90. The van der Waals surface area contributed by atoms with Crippen LogP contribution in [0.15, 0.2) is 24.3 Å². The number of nitrogens with zero attached hydrogens (tertiary/aromatic N) is 1. The minimum Gasteiger partial charge on any atom is -0.480 e. The van der Waals surface area contributed by atoms with Gasteiger partial charge in [0, 0.05) is 24.7 Å². The first kappa shape index (κ1) is 17.2. The van der Waals surface area contributed by atoms with Crippen LogP contribution < -0.4 is 4.72 Å². The Morgan fingerprint density at radius 3 is 2.86 bits per heavy atom. The first-order chi connectivity index (χ1) is 10.3. The molecule has 1 aliphatic rings. The minimum absolute atomic E-state index is 0.193. The predicted octanol–water partition coefficient (Wildman–Crippen LogP) is 1.48. The van der Waals surface area contributed by atoms with E-state index in [4.69, 9.17) is 11.6 Å². The first-order valence-electron chi connectivity index (χ1n) is 7.06. The summed E-state index contributed by atoms with van der Waals surface area (Å²) >= 11 is 5.93. The molecule has 6 nitrogen and oxygen atoms in total. The molecule has 2 rings (SSSR count). The van der Waals surface area contributed by atoms with Crippen LogP contribution in [0.5, 0.6) is 0 Å². The number of carboxylic acid groups (broad SMARTS) is 1. The molecule has 8 heteroatoms. The highest BCUT2D eigenvalue weighted by Gasteiger charge is 2.38. The van der Waals surface area contributed by atoms with Crippen LogP contribution in [-0.2, 0) is 14.8 Å². The van der Waals surface area contributed by atoms with E-state index in [-0.39, 0.29) is 6.54 Å². The number of benzene rings is 1. The molecule has 122 valence electrons. The van der Waals surface area contributed by atoms with E-state index in [0.717, 1.165) is 0 Å². The molecule has 0 aromatic heterocycles. The van der Waals surface area contributed by atoms with E-state index in [0.29, 0.717) is 30.1 Å². The lowest BCUT2D eigenvalue weighted by Gasteiger charge is -2.24. The average Bonchev–Trinajstić information content (AvgIpc) is 2.88. The normalized spacial score (nSPS) is 20.9. The molecule has 0 amide bonds. The quantitative estimate of drug-likeness (QED) is 0.814. The van der Waals surface area contributed by atoms with Crippen molar-refractivity contribution in [1.82, 2.24) is 9.62 Å². The zero-order valence-electron chi connectivity index (χ0n) is 12.2. The maximum absolute atomic E-state index is 12.1. The third-order valence-electron chi connectivity index (χ3n) is 3.72. The van der Waals surface area contributed by atoms with Gasteiger partial charge in [0.15, 0.2) is 0 Å². The van der Waals surface area contributed by atoms with Crippen molar-refractivity contribution >= 4 is 27.6 Å². The van der Waals surface area contributed by atoms with Crippen molar-refractivity contribution in [3.8, 4) is 0 Å². The van der Waals surface area contributed by atoms with E-state index in [2.05, 4.69) is 4.72 Å². The Morgan fingerprint density at radius 1 is 1.55 bits per heavy atom. The molecule has 1 aliphatic heterocycles. The third kappa shape index (κ3) is 3.78. The summed E-state index contributed by atoms with van der Waals surface area (Å²) in [6, 6.07) is 5.77. The number of hydrogen-bond donors (Lipinski definition) is 2. The molecule has 1 aromatic rings. The fourth-order valence-electron chi connectivity index (χ4n) is 2.75. The van der Waals surface area contributed by atoms with Crippen LogP contribution >= 0.6 is 11.6 Å². The van der Waals surface area contributed by atoms with Gasteiger partial charge in [0.2, 0.25) is 10.0 Å². The molecular formula is C14H19ClN2O4S. The second kappa shape index (κ2) is 6.95. The molecule has 22 heavy (non-hydrogen) atoms. The van der Waals surface area contributed by atoms with Crippen LogP contribution in [0.4, 0.5) is 0 Å². The van der Waals surface area contributed by atoms with Crippen molar-refractivity contribution in [2.45, 2.75) is 24.6 Å². The number of carboxylic acids is 1. The van der Waals surface area contributed by atoms with Gasteiger partial charge in [-0.15, -0.1) is 0 Å². The van der Waals surface area contributed by atoms with Gasteiger partial charge < -0.3 is 5.11 Å². The lowest BCUT2D eigenvalue weighted by atomic mass is 10.1. The molecule has 0 saturated carbocycles. The van der Waals surface area contributed by atoms with E-state index < -0.39 is 27.3 Å². The third-order valence-corrected chi connectivity index (χ3v) is 5.91. The molecule has 1 saturated heterocycles. The molecule has 1 heterocycles. The van der Waals surface area contributed by atoms with E-state index >= 15 is 0 Å². The van der Waals surface area contributed by atoms with Crippen molar-refractivity contribution in [2.24, 2.45) is 0 Å². The summed E-state index contributed by atoms with van der Waals surface area (Å²) in [6.45, 7) is 2.66. The van der Waals surface area contributed by atoms with Crippen molar-refractivity contribution < 1.29 is 18.3 Å². The molecule has 0 radical (unpaired) electrons. The highest BCUT2D eigenvalue weighted by atomic mass is 35.5. The second-order valence-corrected chi connectivity index (χ2v) is 7.73. The van der Waals surface area contributed by atoms with Gasteiger partial charge in [-0.2, -0.15) is 0 Å². The van der Waals surface area contributed by atoms with Crippen molar-refractivity contribution in [3.63, 3.8) is 0 Å². The summed E-state index contributed by atoms with van der Waals surface area (Å²) in [5.74, 6) is -1.01. The van der Waals surface area contributed by atoms with Crippen LogP contribution in [-0.4, -0.2) is 49.3 Å². The standard InChI is InChI=1S/C14H19ClN2O4S/c1-2-16-22(20,21)12-6-7-17(9-12)13(14(18)19)10-4-3-5-11(15)8-10/h3-5,8,12-13,16H,2,6-7,9H2,1H3,(H,18,19). The Morgan fingerprint density at radius 2 is 2.27 bits per heavy atom. The van der Waals surface area contributed by atoms with Crippen molar-refractivity contribution in [2.75, 3.05) is 19.6 Å². The Kier molecular flexibility index (Phi) is 5.44. The van der Waals surface area contributed by atoms with E-state index in [1.54, 1.807) is 36.1 Å². The topological polar surface area (TPSA) is 86.7 Å². The Bertz CT molecular complexity index is 650. The smallest absolute Gasteiger partial charge is 0.325 e. The zero-order chi connectivity index (χ0) is 16.3. The number of carbonyl (C=O) groups is 1. The van der Waals surface area contributed by atoms with Crippen LogP contribution in [0.2, 0.25) is 5.02 Å². The Hall–Kier alpha value is -1.15.